The molecule has 102 valence electrons. The first-order valence-electron chi connectivity index (χ1n) is 6.16. The number of nitrogens with zero attached hydrogens (tertiary/aromatic N) is 2. The maximum atomic E-state index is 14.0. The van der Waals surface area contributed by atoms with Crippen LogP contribution in [0.3, 0.4) is 0 Å². The SMILES string of the molecule is Cc1ccc(C(N)c2c(Cl)cnn2C(C)C)c(F)c1. The molecular weight excluding hydrogens is 265 g/mol. The van der Waals surface area contributed by atoms with E-state index < -0.39 is 6.04 Å². The zero-order valence-corrected chi connectivity index (χ0v) is 11.9. The zero-order valence-electron chi connectivity index (χ0n) is 11.2. The van der Waals surface area contributed by atoms with Gasteiger partial charge in [-0.15, -0.1) is 0 Å². The third kappa shape index (κ3) is 2.65. The van der Waals surface area contributed by atoms with Crippen LogP contribution in [0.2, 0.25) is 5.02 Å². The van der Waals surface area contributed by atoms with Gasteiger partial charge < -0.3 is 5.73 Å². The van der Waals surface area contributed by atoms with Crippen molar-refractivity contribution in [1.82, 2.24) is 9.78 Å². The van der Waals surface area contributed by atoms with Gasteiger partial charge in [-0.1, -0.05) is 23.7 Å². The minimum absolute atomic E-state index is 0.113. The second-order valence-electron chi connectivity index (χ2n) is 4.92. The van der Waals surface area contributed by atoms with Crippen LogP contribution in [0.15, 0.2) is 24.4 Å². The molecule has 0 radical (unpaired) electrons. The van der Waals surface area contributed by atoms with Crippen LogP contribution < -0.4 is 5.73 Å². The van der Waals surface area contributed by atoms with Gasteiger partial charge in [0.1, 0.15) is 5.82 Å². The number of aromatic nitrogens is 2. The van der Waals surface area contributed by atoms with Gasteiger partial charge in [-0.3, -0.25) is 4.68 Å². The predicted octanol–water partition coefficient (Wildman–Crippen LogP) is 3.61. The quantitative estimate of drug-likeness (QED) is 0.934. The van der Waals surface area contributed by atoms with E-state index in [1.807, 2.05) is 26.8 Å². The van der Waals surface area contributed by atoms with Crippen molar-refractivity contribution < 1.29 is 4.39 Å². The van der Waals surface area contributed by atoms with Crippen LogP contribution in [-0.4, -0.2) is 9.78 Å². The zero-order chi connectivity index (χ0) is 14.2. The Morgan fingerprint density at radius 1 is 1.37 bits per heavy atom. The Bertz CT molecular complexity index is 592. The molecule has 0 aliphatic rings. The fourth-order valence-electron chi connectivity index (χ4n) is 2.08. The number of rotatable bonds is 3. The van der Waals surface area contributed by atoms with E-state index in [0.717, 1.165) is 5.56 Å². The standard InChI is InChI=1S/C14H17ClFN3/c1-8(2)19-14(11(15)7-18-19)13(17)10-5-4-9(3)6-12(10)16/h4-8,13H,17H2,1-3H3. The Kier molecular flexibility index (Phi) is 3.92. The van der Waals surface area contributed by atoms with Crippen molar-refractivity contribution in [2.75, 3.05) is 0 Å². The van der Waals surface area contributed by atoms with Gasteiger partial charge in [0, 0.05) is 11.6 Å². The van der Waals surface area contributed by atoms with Crippen LogP contribution in [0, 0.1) is 12.7 Å². The molecule has 0 saturated carbocycles. The molecule has 2 N–H and O–H groups in total. The average molecular weight is 282 g/mol. The van der Waals surface area contributed by atoms with Gasteiger partial charge in [0.15, 0.2) is 0 Å². The molecule has 0 saturated heterocycles. The van der Waals surface area contributed by atoms with Gasteiger partial charge in [-0.2, -0.15) is 5.10 Å². The van der Waals surface area contributed by atoms with E-state index in [-0.39, 0.29) is 11.9 Å². The van der Waals surface area contributed by atoms with Crippen molar-refractivity contribution in [3.8, 4) is 0 Å². The number of halogens is 2. The summed E-state index contributed by atoms with van der Waals surface area (Å²) in [6.45, 7) is 5.79. The number of aryl methyl sites for hydroxylation is 1. The molecule has 0 bridgehead atoms. The Hall–Kier alpha value is -1.39. The molecular formula is C14H17ClFN3. The monoisotopic (exact) mass is 281 g/mol. The van der Waals surface area contributed by atoms with Crippen molar-refractivity contribution in [3.63, 3.8) is 0 Å². The van der Waals surface area contributed by atoms with Gasteiger partial charge in [0.05, 0.1) is 23.0 Å². The molecule has 1 aromatic heterocycles. The second kappa shape index (κ2) is 5.31. The molecule has 0 aliphatic heterocycles. The summed E-state index contributed by atoms with van der Waals surface area (Å²) >= 11 is 6.13. The van der Waals surface area contributed by atoms with E-state index in [1.54, 1.807) is 16.9 Å². The molecule has 1 heterocycles. The molecule has 0 spiro atoms. The predicted molar refractivity (Wildman–Crippen MR) is 74.8 cm³/mol. The molecule has 0 fully saturated rings. The Labute approximate surface area is 117 Å². The Balaban J connectivity index is 2.49. The second-order valence-corrected chi connectivity index (χ2v) is 5.33. The molecule has 0 aliphatic carbocycles. The molecule has 5 heteroatoms. The van der Waals surface area contributed by atoms with Crippen molar-refractivity contribution in [1.29, 1.82) is 0 Å². The lowest BCUT2D eigenvalue weighted by Crippen LogP contribution is -2.20. The summed E-state index contributed by atoms with van der Waals surface area (Å²) < 4.78 is 15.7. The summed E-state index contributed by atoms with van der Waals surface area (Å²) in [5.41, 5.74) is 8.09. The summed E-state index contributed by atoms with van der Waals surface area (Å²) in [6.07, 6.45) is 1.54. The lowest BCUT2D eigenvalue weighted by molar-refractivity contribution is 0.494. The van der Waals surface area contributed by atoms with Crippen LogP contribution in [0.1, 0.15) is 42.8 Å². The first-order chi connectivity index (χ1) is 8.91. The van der Waals surface area contributed by atoms with E-state index in [9.17, 15) is 4.39 Å². The van der Waals surface area contributed by atoms with Gasteiger partial charge in [-0.05, 0) is 32.4 Å². The molecule has 2 rings (SSSR count). The number of hydrogen-bond acceptors (Lipinski definition) is 2. The molecule has 2 aromatic rings. The summed E-state index contributed by atoms with van der Waals surface area (Å²) in [4.78, 5) is 0. The lowest BCUT2D eigenvalue weighted by atomic mass is 10.0. The van der Waals surface area contributed by atoms with E-state index in [0.29, 0.717) is 16.3 Å². The van der Waals surface area contributed by atoms with Gasteiger partial charge in [0.25, 0.3) is 0 Å². The van der Waals surface area contributed by atoms with Crippen LogP contribution in [0.4, 0.5) is 4.39 Å². The lowest BCUT2D eigenvalue weighted by Gasteiger charge is -2.18. The van der Waals surface area contributed by atoms with Crippen molar-refractivity contribution >= 4 is 11.6 Å². The number of benzene rings is 1. The van der Waals surface area contributed by atoms with Crippen LogP contribution in [0.5, 0.6) is 0 Å². The Morgan fingerprint density at radius 2 is 2.05 bits per heavy atom. The molecule has 3 nitrogen and oxygen atoms in total. The van der Waals surface area contributed by atoms with E-state index in [4.69, 9.17) is 17.3 Å². The van der Waals surface area contributed by atoms with Gasteiger partial charge >= 0.3 is 0 Å². The summed E-state index contributed by atoms with van der Waals surface area (Å²) in [6, 6.07) is 4.49. The minimum Gasteiger partial charge on any atom is -0.319 e. The van der Waals surface area contributed by atoms with Gasteiger partial charge in [-0.25, -0.2) is 4.39 Å². The number of hydrogen-bond donors (Lipinski definition) is 1. The van der Waals surface area contributed by atoms with Crippen LogP contribution in [0.25, 0.3) is 0 Å². The third-order valence-corrected chi connectivity index (χ3v) is 3.35. The largest absolute Gasteiger partial charge is 0.319 e. The smallest absolute Gasteiger partial charge is 0.128 e. The highest BCUT2D eigenvalue weighted by molar-refractivity contribution is 6.31. The summed E-state index contributed by atoms with van der Waals surface area (Å²) in [7, 11) is 0. The molecule has 1 aromatic carbocycles. The molecule has 1 atom stereocenters. The maximum Gasteiger partial charge on any atom is 0.128 e. The highest BCUT2D eigenvalue weighted by Crippen LogP contribution is 2.29. The highest BCUT2D eigenvalue weighted by atomic mass is 35.5. The van der Waals surface area contributed by atoms with Gasteiger partial charge in [0.2, 0.25) is 0 Å². The topological polar surface area (TPSA) is 43.8 Å². The normalized spacial score (nSPS) is 13.0. The third-order valence-electron chi connectivity index (χ3n) is 3.06. The first-order valence-corrected chi connectivity index (χ1v) is 6.54. The average Bonchev–Trinajstić information content (AvgIpc) is 2.70. The Morgan fingerprint density at radius 3 is 2.63 bits per heavy atom. The van der Waals surface area contributed by atoms with E-state index >= 15 is 0 Å². The van der Waals surface area contributed by atoms with Crippen LogP contribution in [-0.2, 0) is 0 Å². The first kappa shape index (κ1) is 14.0. The highest BCUT2D eigenvalue weighted by Gasteiger charge is 2.22. The van der Waals surface area contributed by atoms with E-state index in [1.165, 1.54) is 6.07 Å². The molecule has 19 heavy (non-hydrogen) atoms. The van der Waals surface area contributed by atoms with Crippen molar-refractivity contribution in [2.45, 2.75) is 32.9 Å². The fraction of sp³-hybridized carbons (Fsp3) is 0.357. The molecule has 0 amide bonds. The minimum atomic E-state index is -0.627. The van der Waals surface area contributed by atoms with Crippen LogP contribution >= 0.6 is 11.6 Å². The number of nitrogens with two attached hydrogens (primary N) is 1. The van der Waals surface area contributed by atoms with Crippen molar-refractivity contribution in [3.05, 3.63) is 52.1 Å². The summed E-state index contributed by atoms with van der Waals surface area (Å²) in [5.74, 6) is -0.319. The fourth-order valence-corrected chi connectivity index (χ4v) is 2.33. The van der Waals surface area contributed by atoms with Crippen molar-refractivity contribution in [2.24, 2.45) is 5.73 Å². The maximum absolute atomic E-state index is 14.0. The summed E-state index contributed by atoms with van der Waals surface area (Å²) in [5, 5.41) is 4.65. The molecule has 1 unspecified atom stereocenters. The van der Waals surface area contributed by atoms with E-state index in [2.05, 4.69) is 5.10 Å².